The van der Waals surface area contributed by atoms with Crippen molar-refractivity contribution in [3.63, 3.8) is 0 Å². The molecule has 0 aromatic carbocycles. The minimum Gasteiger partial charge on any atom is -0.450 e. The monoisotopic (exact) mass is 333 g/mol. The molecule has 24 heavy (non-hydrogen) atoms. The van der Waals surface area contributed by atoms with Gasteiger partial charge in [-0.25, -0.2) is 4.79 Å². The second kappa shape index (κ2) is 8.85. The van der Waals surface area contributed by atoms with Gasteiger partial charge in [-0.3, -0.25) is 4.79 Å². The van der Waals surface area contributed by atoms with Gasteiger partial charge < -0.3 is 20.3 Å². The number of aromatic nitrogens is 2. The van der Waals surface area contributed by atoms with Gasteiger partial charge in [-0.2, -0.15) is 0 Å². The van der Waals surface area contributed by atoms with E-state index in [2.05, 4.69) is 27.4 Å². The number of hydrogen-bond donors (Lipinski definition) is 2. The molecule has 0 saturated carbocycles. The molecule has 1 saturated heterocycles. The van der Waals surface area contributed by atoms with E-state index in [1.165, 1.54) is 0 Å². The Kier molecular flexibility index (Phi) is 6.53. The van der Waals surface area contributed by atoms with Crippen LogP contribution in [0.15, 0.2) is 24.8 Å². The van der Waals surface area contributed by atoms with Gasteiger partial charge in [0.15, 0.2) is 5.69 Å². The maximum atomic E-state index is 12.2. The molecular formula is C16H23N5O3. The van der Waals surface area contributed by atoms with Crippen LogP contribution in [0.1, 0.15) is 30.3 Å². The maximum absolute atomic E-state index is 12.2. The van der Waals surface area contributed by atoms with E-state index < -0.39 is 0 Å². The van der Waals surface area contributed by atoms with Crippen LogP contribution in [0.5, 0.6) is 0 Å². The average Bonchev–Trinajstić information content (AvgIpc) is 2.61. The van der Waals surface area contributed by atoms with Crippen LogP contribution >= 0.6 is 0 Å². The number of anilines is 1. The van der Waals surface area contributed by atoms with Crippen molar-refractivity contribution in [1.29, 1.82) is 0 Å². The number of likely N-dealkylation sites (tertiary alicyclic amines) is 1. The number of nitrogens with one attached hydrogen (secondary N) is 2. The Hall–Kier alpha value is -2.64. The van der Waals surface area contributed by atoms with Gasteiger partial charge in [0.1, 0.15) is 5.82 Å². The Morgan fingerprint density at radius 3 is 2.71 bits per heavy atom. The van der Waals surface area contributed by atoms with E-state index in [1.54, 1.807) is 30.0 Å². The van der Waals surface area contributed by atoms with Crippen LogP contribution in [0.3, 0.4) is 0 Å². The van der Waals surface area contributed by atoms with Gasteiger partial charge in [-0.05, 0) is 31.9 Å². The maximum Gasteiger partial charge on any atom is 0.409 e. The zero-order valence-corrected chi connectivity index (χ0v) is 13.8. The Morgan fingerprint density at radius 1 is 1.38 bits per heavy atom. The minimum atomic E-state index is -0.296. The quantitative estimate of drug-likeness (QED) is 0.765. The van der Waals surface area contributed by atoms with Crippen LogP contribution in [0.25, 0.3) is 0 Å². The second-order valence-corrected chi connectivity index (χ2v) is 5.41. The largest absolute Gasteiger partial charge is 0.450 e. The van der Waals surface area contributed by atoms with E-state index >= 15 is 0 Å². The molecule has 130 valence electrons. The van der Waals surface area contributed by atoms with E-state index in [0.717, 1.165) is 0 Å². The molecule has 2 amide bonds. The molecular weight excluding hydrogens is 310 g/mol. The number of amides is 2. The molecule has 1 aliphatic heterocycles. The Bertz CT molecular complexity index is 568. The van der Waals surface area contributed by atoms with Crippen LogP contribution in [0, 0.1) is 0 Å². The zero-order chi connectivity index (χ0) is 17.4. The van der Waals surface area contributed by atoms with Crippen LogP contribution in [0.2, 0.25) is 0 Å². The topological polar surface area (TPSA) is 96.5 Å². The molecule has 0 radical (unpaired) electrons. The van der Waals surface area contributed by atoms with Crippen molar-refractivity contribution in [2.24, 2.45) is 0 Å². The highest BCUT2D eigenvalue weighted by atomic mass is 16.6. The van der Waals surface area contributed by atoms with Gasteiger partial charge in [0.2, 0.25) is 0 Å². The molecule has 1 fully saturated rings. The number of rotatable bonds is 6. The fourth-order valence-electron chi connectivity index (χ4n) is 2.40. The average molecular weight is 333 g/mol. The van der Waals surface area contributed by atoms with Crippen molar-refractivity contribution in [3.8, 4) is 0 Å². The third-order valence-electron chi connectivity index (χ3n) is 3.68. The lowest BCUT2D eigenvalue weighted by atomic mass is 10.1. The number of piperidine rings is 1. The van der Waals surface area contributed by atoms with Crippen molar-refractivity contribution >= 4 is 17.8 Å². The highest BCUT2D eigenvalue weighted by Crippen LogP contribution is 2.12. The summed E-state index contributed by atoms with van der Waals surface area (Å²) in [5, 5.41) is 13.8. The van der Waals surface area contributed by atoms with Crippen LogP contribution in [0.4, 0.5) is 10.6 Å². The molecule has 2 N–H and O–H groups in total. The number of hydrogen-bond acceptors (Lipinski definition) is 6. The predicted molar refractivity (Wildman–Crippen MR) is 89.8 cm³/mol. The molecule has 0 unspecified atom stereocenters. The summed E-state index contributed by atoms with van der Waals surface area (Å²) in [7, 11) is 0. The first-order valence-corrected chi connectivity index (χ1v) is 8.05. The molecule has 2 heterocycles. The van der Waals surface area contributed by atoms with Crippen molar-refractivity contribution in [2.45, 2.75) is 25.8 Å². The Morgan fingerprint density at radius 2 is 2.12 bits per heavy atom. The standard InChI is InChI=1S/C16H23N5O3/c1-3-9-17-14-6-5-13(19-20-14)15(22)18-12-7-10-21(11-8-12)16(23)24-4-2/h3,5-6,12H,1,4,7-11H2,2H3,(H,17,20)(H,18,22). The first-order valence-electron chi connectivity index (χ1n) is 8.05. The molecule has 8 nitrogen and oxygen atoms in total. The number of ether oxygens (including phenoxy) is 1. The van der Waals surface area contributed by atoms with Gasteiger partial charge in [0, 0.05) is 25.7 Å². The third kappa shape index (κ3) is 4.94. The van der Waals surface area contributed by atoms with Crippen LogP contribution in [-0.4, -0.2) is 59.4 Å². The lowest BCUT2D eigenvalue weighted by Crippen LogP contribution is -2.46. The lowest BCUT2D eigenvalue weighted by molar-refractivity contribution is 0.0856. The Labute approximate surface area is 141 Å². The molecule has 2 rings (SSSR count). The predicted octanol–water partition coefficient (Wildman–Crippen LogP) is 1.43. The molecule has 0 spiro atoms. The highest BCUT2D eigenvalue weighted by Gasteiger charge is 2.25. The van der Waals surface area contributed by atoms with Crippen molar-refractivity contribution < 1.29 is 14.3 Å². The van der Waals surface area contributed by atoms with E-state index in [0.29, 0.717) is 44.9 Å². The molecule has 1 aromatic heterocycles. The van der Waals surface area contributed by atoms with Crippen LogP contribution < -0.4 is 10.6 Å². The molecule has 0 aliphatic carbocycles. The summed E-state index contributed by atoms with van der Waals surface area (Å²) >= 11 is 0. The van der Waals surface area contributed by atoms with Gasteiger partial charge in [0.25, 0.3) is 5.91 Å². The van der Waals surface area contributed by atoms with Crippen LogP contribution in [-0.2, 0) is 4.74 Å². The summed E-state index contributed by atoms with van der Waals surface area (Å²) in [5.74, 6) is 0.335. The zero-order valence-electron chi connectivity index (χ0n) is 13.8. The summed E-state index contributed by atoms with van der Waals surface area (Å²) in [6.07, 6.45) is 2.80. The summed E-state index contributed by atoms with van der Waals surface area (Å²) in [5.41, 5.74) is 0.270. The number of carbonyl (C=O) groups excluding carboxylic acids is 2. The van der Waals surface area contributed by atoms with Gasteiger partial charge >= 0.3 is 6.09 Å². The lowest BCUT2D eigenvalue weighted by Gasteiger charge is -2.31. The fourth-order valence-corrected chi connectivity index (χ4v) is 2.40. The van der Waals surface area contributed by atoms with Crippen molar-refractivity contribution in [3.05, 3.63) is 30.5 Å². The Balaban J connectivity index is 1.80. The van der Waals surface area contributed by atoms with Gasteiger partial charge in [0.05, 0.1) is 6.61 Å². The summed E-state index contributed by atoms with van der Waals surface area (Å²) < 4.78 is 4.98. The van der Waals surface area contributed by atoms with E-state index in [-0.39, 0.29) is 23.7 Å². The highest BCUT2D eigenvalue weighted by molar-refractivity contribution is 5.92. The molecule has 8 heteroatoms. The van der Waals surface area contributed by atoms with E-state index in [1.807, 2.05) is 0 Å². The molecule has 0 bridgehead atoms. The SMILES string of the molecule is C=CCNc1ccc(C(=O)NC2CCN(C(=O)OCC)CC2)nn1. The fraction of sp³-hybridized carbons (Fsp3) is 0.500. The smallest absolute Gasteiger partial charge is 0.409 e. The molecule has 1 aromatic rings. The van der Waals surface area contributed by atoms with E-state index in [4.69, 9.17) is 4.74 Å². The summed E-state index contributed by atoms with van der Waals surface area (Å²) in [6.45, 7) is 7.48. The van der Waals surface area contributed by atoms with Crippen molar-refractivity contribution in [2.75, 3.05) is 31.6 Å². The number of carbonyl (C=O) groups is 2. The van der Waals surface area contributed by atoms with Gasteiger partial charge in [-0.1, -0.05) is 6.08 Å². The van der Waals surface area contributed by atoms with E-state index in [9.17, 15) is 9.59 Å². The number of nitrogens with zero attached hydrogens (tertiary/aromatic N) is 3. The van der Waals surface area contributed by atoms with Gasteiger partial charge in [-0.15, -0.1) is 16.8 Å². The molecule has 1 aliphatic rings. The summed E-state index contributed by atoms with van der Waals surface area (Å²) in [6, 6.07) is 3.35. The first kappa shape index (κ1) is 17.7. The normalized spacial score (nSPS) is 14.8. The second-order valence-electron chi connectivity index (χ2n) is 5.41. The third-order valence-corrected chi connectivity index (χ3v) is 3.68. The molecule has 0 atom stereocenters. The first-order chi connectivity index (χ1) is 11.6. The van der Waals surface area contributed by atoms with Crippen molar-refractivity contribution in [1.82, 2.24) is 20.4 Å². The minimum absolute atomic E-state index is 0.0172. The summed E-state index contributed by atoms with van der Waals surface area (Å²) in [4.78, 5) is 25.5.